The molecule has 2 aromatic carbocycles. The molecule has 1 heterocycles. The average molecular weight is 270 g/mol. The monoisotopic (exact) mass is 270 g/mol. The van der Waals surface area contributed by atoms with Crippen LogP contribution >= 0.6 is 0 Å². The molecule has 0 saturated carbocycles. The first-order chi connectivity index (χ1) is 9.43. The van der Waals surface area contributed by atoms with Crippen molar-refractivity contribution in [3.05, 3.63) is 58.9 Å². The normalized spacial score (nSPS) is 14.0. The number of hydrogen-bond donors (Lipinski definition) is 0. The molecule has 3 rings (SSSR count). The molecule has 104 valence electrons. The summed E-state index contributed by atoms with van der Waals surface area (Å²) in [6.45, 7) is 6.61. The van der Waals surface area contributed by atoms with E-state index < -0.39 is 0 Å². The first-order valence-corrected chi connectivity index (χ1v) is 7.03. The Kier molecular flexibility index (Phi) is 3.04. The van der Waals surface area contributed by atoms with Gasteiger partial charge in [0, 0.05) is 0 Å². The number of ether oxygens (including phenoxy) is 1. The van der Waals surface area contributed by atoms with Gasteiger partial charge in [0.2, 0.25) is 0 Å². The van der Waals surface area contributed by atoms with Crippen molar-refractivity contribution in [1.82, 2.24) is 0 Å². The van der Waals surface area contributed by atoms with E-state index in [0.717, 1.165) is 29.9 Å². The Labute approximate surface area is 119 Å². The molecule has 0 amide bonds. The molecule has 0 radical (unpaired) electrons. The highest BCUT2D eigenvalue weighted by atomic mass is 19.1. The molecule has 0 bridgehead atoms. The van der Waals surface area contributed by atoms with E-state index in [0.29, 0.717) is 0 Å². The second-order valence-corrected chi connectivity index (χ2v) is 6.43. The molecule has 0 aliphatic carbocycles. The van der Waals surface area contributed by atoms with E-state index in [-0.39, 0.29) is 11.2 Å². The summed E-state index contributed by atoms with van der Waals surface area (Å²) >= 11 is 0. The number of hydrogen-bond acceptors (Lipinski definition) is 1. The van der Waals surface area contributed by atoms with Gasteiger partial charge in [0.25, 0.3) is 0 Å². The summed E-state index contributed by atoms with van der Waals surface area (Å²) < 4.78 is 19.3. The zero-order chi connectivity index (χ0) is 14.3. The summed E-state index contributed by atoms with van der Waals surface area (Å²) in [5.74, 6) is 1.46. The predicted octanol–water partition coefficient (Wildman–Crippen LogP) is 5.01. The Morgan fingerprint density at radius 2 is 1.50 bits per heavy atom. The number of aryl methyl sites for hydroxylation is 2. The summed E-state index contributed by atoms with van der Waals surface area (Å²) in [5, 5.41) is 0. The van der Waals surface area contributed by atoms with Crippen LogP contribution < -0.4 is 4.74 Å². The maximum absolute atomic E-state index is 13.3. The fourth-order valence-electron chi connectivity index (χ4n) is 2.57. The van der Waals surface area contributed by atoms with Crippen LogP contribution in [-0.2, 0) is 18.3 Å². The van der Waals surface area contributed by atoms with Gasteiger partial charge in [0.1, 0.15) is 17.3 Å². The topological polar surface area (TPSA) is 9.23 Å². The SMILES string of the molecule is CC(C)(C)c1ccc2c(c1)CCc1cc(F)ccc1O2. The third-order valence-corrected chi connectivity index (χ3v) is 3.83. The number of halogens is 1. The summed E-state index contributed by atoms with van der Waals surface area (Å²) in [4.78, 5) is 0. The summed E-state index contributed by atoms with van der Waals surface area (Å²) in [6, 6.07) is 11.1. The molecule has 0 atom stereocenters. The van der Waals surface area contributed by atoms with Crippen LogP contribution in [0.5, 0.6) is 11.5 Å². The first kappa shape index (κ1) is 13.2. The van der Waals surface area contributed by atoms with Gasteiger partial charge < -0.3 is 4.74 Å². The molecule has 0 aromatic heterocycles. The molecule has 1 aliphatic rings. The van der Waals surface area contributed by atoms with Gasteiger partial charge in [-0.2, -0.15) is 0 Å². The van der Waals surface area contributed by atoms with Crippen molar-refractivity contribution in [3.63, 3.8) is 0 Å². The molecule has 0 spiro atoms. The van der Waals surface area contributed by atoms with Crippen LogP contribution in [0.4, 0.5) is 4.39 Å². The predicted molar refractivity (Wildman–Crippen MR) is 79.0 cm³/mol. The van der Waals surface area contributed by atoms with Gasteiger partial charge in [0.05, 0.1) is 0 Å². The van der Waals surface area contributed by atoms with Gasteiger partial charge in [0.15, 0.2) is 0 Å². The molecule has 0 fully saturated rings. The van der Waals surface area contributed by atoms with Crippen molar-refractivity contribution in [1.29, 1.82) is 0 Å². The molecule has 0 saturated heterocycles. The minimum absolute atomic E-state index is 0.125. The quantitative estimate of drug-likeness (QED) is 0.653. The third-order valence-electron chi connectivity index (χ3n) is 3.83. The van der Waals surface area contributed by atoms with Gasteiger partial charge in [-0.05, 0) is 59.2 Å². The lowest BCUT2D eigenvalue weighted by molar-refractivity contribution is 0.475. The number of rotatable bonds is 0. The standard InChI is InChI=1S/C18H19FO/c1-18(2,3)14-6-8-16-12(10-14)4-5-13-11-15(19)7-9-17(13)20-16/h6-11H,4-5H2,1-3H3. The highest BCUT2D eigenvalue weighted by Crippen LogP contribution is 2.36. The van der Waals surface area contributed by atoms with E-state index in [1.54, 1.807) is 12.1 Å². The van der Waals surface area contributed by atoms with Crippen LogP contribution in [-0.4, -0.2) is 0 Å². The van der Waals surface area contributed by atoms with E-state index in [2.05, 4.69) is 32.9 Å². The molecule has 0 N–H and O–H groups in total. The van der Waals surface area contributed by atoms with E-state index in [1.807, 2.05) is 6.07 Å². The van der Waals surface area contributed by atoms with Crippen LogP contribution in [0.2, 0.25) is 0 Å². The minimum Gasteiger partial charge on any atom is -0.457 e. The van der Waals surface area contributed by atoms with Gasteiger partial charge in [-0.15, -0.1) is 0 Å². The number of fused-ring (bicyclic) bond motifs is 2. The lowest BCUT2D eigenvalue weighted by Gasteiger charge is -2.20. The average Bonchev–Trinajstić information content (AvgIpc) is 2.56. The smallest absolute Gasteiger partial charge is 0.130 e. The van der Waals surface area contributed by atoms with E-state index in [4.69, 9.17) is 4.74 Å². The van der Waals surface area contributed by atoms with Crippen molar-refractivity contribution in [2.45, 2.75) is 39.0 Å². The summed E-state index contributed by atoms with van der Waals surface area (Å²) in [7, 11) is 0. The minimum atomic E-state index is -0.200. The fourth-order valence-corrected chi connectivity index (χ4v) is 2.57. The summed E-state index contributed by atoms with van der Waals surface area (Å²) in [6.07, 6.45) is 1.70. The Hall–Kier alpha value is -1.83. The van der Waals surface area contributed by atoms with Gasteiger partial charge in [-0.1, -0.05) is 32.9 Å². The molecule has 1 aliphatic heterocycles. The van der Waals surface area contributed by atoms with Crippen molar-refractivity contribution in [2.24, 2.45) is 0 Å². The molecule has 2 aromatic rings. The van der Waals surface area contributed by atoms with Crippen LogP contribution in [0.25, 0.3) is 0 Å². The van der Waals surface area contributed by atoms with Crippen molar-refractivity contribution < 1.29 is 9.13 Å². The highest BCUT2D eigenvalue weighted by Gasteiger charge is 2.19. The van der Waals surface area contributed by atoms with E-state index in [1.165, 1.54) is 17.2 Å². The molecular formula is C18H19FO. The van der Waals surface area contributed by atoms with Gasteiger partial charge >= 0.3 is 0 Å². The number of benzene rings is 2. The van der Waals surface area contributed by atoms with Gasteiger partial charge in [-0.3, -0.25) is 0 Å². The lowest BCUT2D eigenvalue weighted by atomic mass is 9.85. The highest BCUT2D eigenvalue weighted by molar-refractivity contribution is 5.47. The van der Waals surface area contributed by atoms with Crippen LogP contribution in [0.15, 0.2) is 36.4 Å². The molecule has 2 heteroatoms. The van der Waals surface area contributed by atoms with Crippen molar-refractivity contribution in [2.75, 3.05) is 0 Å². The van der Waals surface area contributed by atoms with E-state index in [9.17, 15) is 4.39 Å². The largest absolute Gasteiger partial charge is 0.457 e. The lowest BCUT2D eigenvalue weighted by Crippen LogP contribution is -2.11. The maximum Gasteiger partial charge on any atom is 0.130 e. The van der Waals surface area contributed by atoms with Crippen molar-refractivity contribution >= 4 is 0 Å². The Bertz CT molecular complexity index is 653. The molecule has 0 unspecified atom stereocenters. The zero-order valence-corrected chi connectivity index (χ0v) is 12.2. The molecule has 20 heavy (non-hydrogen) atoms. The third kappa shape index (κ3) is 2.43. The Morgan fingerprint density at radius 1 is 0.900 bits per heavy atom. The second-order valence-electron chi connectivity index (χ2n) is 6.43. The zero-order valence-electron chi connectivity index (χ0n) is 12.2. The molecular weight excluding hydrogens is 251 g/mol. The van der Waals surface area contributed by atoms with Crippen LogP contribution in [0.1, 0.15) is 37.5 Å². The fraction of sp³-hybridized carbons (Fsp3) is 0.333. The second kappa shape index (κ2) is 4.62. The van der Waals surface area contributed by atoms with E-state index >= 15 is 0 Å². The maximum atomic E-state index is 13.3. The van der Waals surface area contributed by atoms with Crippen molar-refractivity contribution in [3.8, 4) is 11.5 Å². The Morgan fingerprint density at radius 3 is 2.15 bits per heavy atom. The first-order valence-electron chi connectivity index (χ1n) is 7.03. The molecule has 1 nitrogen and oxygen atoms in total. The summed E-state index contributed by atoms with van der Waals surface area (Å²) in [5.41, 5.74) is 3.57. The Balaban J connectivity index is 2.01. The van der Waals surface area contributed by atoms with Crippen LogP contribution in [0.3, 0.4) is 0 Å². The van der Waals surface area contributed by atoms with Crippen LogP contribution in [0, 0.1) is 5.82 Å². The van der Waals surface area contributed by atoms with Gasteiger partial charge in [-0.25, -0.2) is 4.39 Å².